The van der Waals surface area contributed by atoms with Crippen molar-refractivity contribution < 1.29 is 17.9 Å². The lowest BCUT2D eigenvalue weighted by molar-refractivity contribution is 0.0502. The van der Waals surface area contributed by atoms with E-state index in [0.29, 0.717) is 18.7 Å². The van der Waals surface area contributed by atoms with Gasteiger partial charge in [0.15, 0.2) is 9.84 Å². The fourth-order valence-electron chi connectivity index (χ4n) is 2.34. The van der Waals surface area contributed by atoms with Crippen molar-refractivity contribution in [1.29, 1.82) is 0 Å². The molecule has 1 saturated heterocycles. The van der Waals surface area contributed by atoms with Crippen LogP contribution in [0, 0.1) is 6.92 Å². The second kappa shape index (κ2) is 5.28. The van der Waals surface area contributed by atoms with Gasteiger partial charge in [0.05, 0.1) is 24.2 Å². The van der Waals surface area contributed by atoms with Crippen LogP contribution in [0.4, 0.5) is 0 Å². The number of esters is 1. The van der Waals surface area contributed by atoms with Crippen LogP contribution in [0.1, 0.15) is 42.3 Å². The molecule has 0 saturated carbocycles. The van der Waals surface area contributed by atoms with Crippen LogP contribution in [0.15, 0.2) is 0 Å². The fraction of sp³-hybridized carbons (Fsp3) is 0.727. The first-order chi connectivity index (χ1) is 8.94. The molecular weight excluding hydrogens is 270 g/mol. The molecule has 1 unspecified atom stereocenters. The summed E-state index contributed by atoms with van der Waals surface area (Å²) in [7, 11) is -3.06. The maximum Gasteiger partial charge on any atom is 0.376 e. The number of sulfone groups is 1. The van der Waals surface area contributed by atoms with Gasteiger partial charge in [-0.1, -0.05) is 0 Å². The molecule has 0 N–H and O–H groups in total. The standard InChI is InChI=1S/C11H17N3O4S/c1-3-18-11(15)10-13-12-8(2)14(10)9-5-4-6-19(16,17)7-9/h9H,3-7H2,1-2H3. The van der Waals surface area contributed by atoms with Crippen molar-refractivity contribution in [3.8, 4) is 0 Å². The number of rotatable bonds is 3. The number of aromatic nitrogens is 3. The zero-order valence-electron chi connectivity index (χ0n) is 11.0. The minimum atomic E-state index is -3.06. The molecule has 1 aliphatic rings. The first kappa shape index (κ1) is 14.0. The Morgan fingerprint density at radius 1 is 1.47 bits per heavy atom. The first-order valence-corrected chi connectivity index (χ1v) is 8.06. The Morgan fingerprint density at radius 3 is 2.84 bits per heavy atom. The highest BCUT2D eigenvalue weighted by atomic mass is 32.2. The highest BCUT2D eigenvalue weighted by Crippen LogP contribution is 2.25. The number of nitrogens with zero attached hydrogens (tertiary/aromatic N) is 3. The lowest BCUT2D eigenvalue weighted by Gasteiger charge is -2.24. The fourth-order valence-corrected chi connectivity index (χ4v) is 4.02. The molecule has 7 nitrogen and oxygen atoms in total. The zero-order valence-corrected chi connectivity index (χ0v) is 11.8. The van der Waals surface area contributed by atoms with Crippen molar-refractivity contribution in [2.45, 2.75) is 32.7 Å². The van der Waals surface area contributed by atoms with Crippen molar-refractivity contribution in [1.82, 2.24) is 14.8 Å². The normalized spacial score (nSPS) is 22.1. The summed E-state index contributed by atoms with van der Waals surface area (Å²) in [6.07, 6.45) is 1.29. The Morgan fingerprint density at radius 2 is 2.21 bits per heavy atom. The summed E-state index contributed by atoms with van der Waals surface area (Å²) in [5.41, 5.74) is 0. The van der Waals surface area contributed by atoms with Gasteiger partial charge < -0.3 is 9.30 Å². The van der Waals surface area contributed by atoms with Gasteiger partial charge in [0.1, 0.15) is 5.82 Å². The molecule has 8 heteroatoms. The van der Waals surface area contributed by atoms with Gasteiger partial charge in [0.2, 0.25) is 5.82 Å². The molecule has 1 fully saturated rings. The SMILES string of the molecule is CCOC(=O)c1nnc(C)n1C1CCCS(=O)(=O)C1. The van der Waals surface area contributed by atoms with E-state index < -0.39 is 15.8 Å². The van der Waals surface area contributed by atoms with Crippen LogP contribution in [0.3, 0.4) is 0 Å². The van der Waals surface area contributed by atoms with Crippen LogP contribution >= 0.6 is 0 Å². The van der Waals surface area contributed by atoms with E-state index in [1.807, 2.05) is 0 Å². The van der Waals surface area contributed by atoms with E-state index in [1.165, 1.54) is 0 Å². The Labute approximate surface area is 111 Å². The summed E-state index contributed by atoms with van der Waals surface area (Å²) < 4.78 is 29.9. The molecular formula is C11H17N3O4S. The average molecular weight is 287 g/mol. The predicted octanol–water partition coefficient (Wildman–Crippen LogP) is 0.513. The minimum absolute atomic E-state index is 0.0261. The zero-order chi connectivity index (χ0) is 14.0. The van der Waals surface area contributed by atoms with E-state index in [9.17, 15) is 13.2 Å². The maximum absolute atomic E-state index is 11.8. The lowest BCUT2D eigenvalue weighted by Crippen LogP contribution is -2.30. The van der Waals surface area contributed by atoms with Gasteiger partial charge in [-0.15, -0.1) is 10.2 Å². The molecule has 0 aliphatic carbocycles. The second-order valence-corrected chi connectivity index (χ2v) is 6.80. The molecule has 0 radical (unpaired) electrons. The number of ether oxygens (including phenoxy) is 1. The summed E-state index contributed by atoms with van der Waals surface area (Å²) in [5, 5.41) is 7.66. The molecule has 19 heavy (non-hydrogen) atoms. The average Bonchev–Trinajstić information content (AvgIpc) is 2.70. The number of hydrogen-bond acceptors (Lipinski definition) is 6. The van der Waals surface area contributed by atoms with Gasteiger partial charge in [-0.25, -0.2) is 13.2 Å². The number of carbonyl (C=O) groups excluding carboxylic acids is 1. The highest BCUT2D eigenvalue weighted by Gasteiger charge is 2.31. The largest absolute Gasteiger partial charge is 0.460 e. The molecule has 0 amide bonds. The van der Waals surface area contributed by atoms with Gasteiger partial charge in [-0.05, 0) is 26.7 Å². The van der Waals surface area contributed by atoms with Crippen molar-refractivity contribution in [2.75, 3.05) is 18.1 Å². The van der Waals surface area contributed by atoms with E-state index in [0.717, 1.165) is 0 Å². The van der Waals surface area contributed by atoms with Crippen molar-refractivity contribution in [2.24, 2.45) is 0 Å². The minimum Gasteiger partial charge on any atom is -0.460 e. The van der Waals surface area contributed by atoms with Crippen LogP contribution in [0.2, 0.25) is 0 Å². The van der Waals surface area contributed by atoms with Crippen LogP contribution in [0.25, 0.3) is 0 Å². The smallest absolute Gasteiger partial charge is 0.376 e. The van der Waals surface area contributed by atoms with Crippen molar-refractivity contribution in [3.63, 3.8) is 0 Å². The van der Waals surface area contributed by atoms with Gasteiger partial charge in [-0.2, -0.15) is 0 Å². The lowest BCUT2D eigenvalue weighted by atomic mass is 10.2. The van der Waals surface area contributed by atoms with Crippen LogP contribution in [-0.4, -0.2) is 47.3 Å². The van der Waals surface area contributed by atoms with Gasteiger partial charge in [0, 0.05) is 0 Å². The van der Waals surface area contributed by atoms with E-state index in [-0.39, 0.29) is 30.0 Å². The van der Waals surface area contributed by atoms with E-state index in [4.69, 9.17) is 4.74 Å². The molecule has 106 valence electrons. The molecule has 2 heterocycles. The quantitative estimate of drug-likeness (QED) is 0.752. The summed E-state index contributed by atoms with van der Waals surface area (Å²) >= 11 is 0. The van der Waals surface area contributed by atoms with Crippen LogP contribution in [-0.2, 0) is 14.6 Å². The van der Waals surface area contributed by atoms with E-state index >= 15 is 0 Å². The first-order valence-electron chi connectivity index (χ1n) is 6.23. The third-order valence-electron chi connectivity index (χ3n) is 3.13. The highest BCUT2D eigenvalue weighted by molar-refractivity contribution is 7.91. The predicted molar refractivity (Wildman–Crippen MR) is 67.6 cm³/mol. The molecule has 1 atom stereocenters. The number of hydrogen-bond donors (Lipinski definition) is 0. The van der Waals surface area contributed by atoms with Crippen molar-refractivity contribution in [3.05, 3.63) is 11.6 Å². The summed E-state index contributed by atoms with van der Waals surface area (Å²) in [4.78, 5) is 11.8. The molecule has 0 spiro atoms. The molecule has 1 aliphatic heterocycles. The molecule has 0 aromatic carbocycles. The maximum atomic E-state index is 11.8. The Balaban J connectivity index is 2.33. The third kappa shape index (κ3) is 2.94. The third-order valence-corrected chi connectivity index (χ3v) is 4.93. The Hall–Kier alpha value is -1.44. The summed E-state index contributed by atoms with van der Waals surface area (Å²) in [5.74, 6) is 0.287. The monoisotopic (exact) mass is 287 g/mol. The van der Waals surface area contributed by atoms with Crippen molar-refractivity contribution >= 4 is 15.8 Å². The van der Waals surface area contributed by atoms with Gasteiger partial charge in [-0.3, -0.25) is 0 Å². The topological polar surface area (TPSA) is 91.2 Å². The van der Waals surface area contributed by atoms with Crippen LogP contribution < -0.4 is 0 Å². The summed E-state index contributed by atoms with van der Waals surface area (Å²) in [6.45, 7) is 3.65. The Bertz CT molecular complexity index is 579. The van der Waals surface area contributed by atoms with E-state index in [1.54, 1.807) is 18.4 Å². The molecule has 1 aromatic heterocycles. The van der Waals surface area contributed by atoms with Crippen LogP contribution in [0.5, 0.6) is 0 Å². The number of aryl methyl sites for hydroxylation is 1. The van der Waals surface area contributed by atoms with Gasteiger partial charge >= 0.3 is 5.97 Å². The second-order valence-electron chi connectivity index (χ2n) is 4.57. The Kier molecular flexibility index (Phi) is 3.88. The molecule has 1 aromatic rings. The molecule has 0 bridgehead atoms. The molecule has 2 rings (SSSR count). The number of carbonyl (C=O) groups is 1. The van der Waals surface area contributed by atoms with E-state index in [2.05, 4.69) is 10.2 Å². The summed E-state index contributed by atoms with van der Waals surface area (Å²) in [6, 6.07) is -0.284. The van der Waals surface area contributed by atoms with Gasteiger partial charge in [0.25, 0.3) is 0 Å².